The Bertz CT molecular complexity index is 546. The van der Waals surface area contributed by atoms with E-state index in [1.807, 2.05) is 0 Å². The molecule has 0 radical (unpaired) electrons. The summed E-state index contributed by atoms with van der Waals surface area (Å²) >= 11 is 1.17. The molecule has 7 heteroatoms. The summed E-state index contributed by atoms with van der Waals surface area (Å²) in [6.07, 6.45) is 0. The van der Waals surface area contributed by atoms with Crippen LogP contribution >= 0.6 is 11.3 Å². The second-order valence-corrected chi connectivity index (χ2v) is 4.61. The van der Waals surface area contributed by atoms with E-state index in [0.29, 0.717) is 33.7 Å². The molecule has 6 nitrogen and oxygen atoms in total. The number of anilines is 1. The largest absolute Gasteiger partial charge is 0.375 e. The Morgan fingerprint density at radius 1 is 1.59 bits per heavy atom. The summed E-state index contributed by atoms with van der Waals surface area (Å²) in [5, 5.41) is 6.91. The number of hydrogen-bond acceptors (Lipinski definition) is 6. The van der Waals surface area contributed by atoms with Crippen LogP contribution in [-0.4, -0.2) is 16.0 Å². The molecule has 0 aromatic carbocycles. The molecular formula is C10H12N4O2S. The number of nitrogens with two attached hydrogens (primary N) is 1. The first-order valence-electron chi connectivity index (χ1n) is 4.99. The zero-order chi connectivity index (χ0) is 12.4. The summed E-state index contributed by atoms with van der Waals surface area (Å²) in [7, 11) is 0. The van der Waals surface area contributed by atoms with Gasteiger partial charge in [-0.3, -0.25) is 4.79 Å². The van der Waals surface area contributed by atoms with Crippen molar-refractivity contribution in [3.05, 3.63) is 28.1 Å². The number of thiazole rings is 1. The van der Waals surface area contributed by atoms with E-state index >= 15 is 0 Å². The van der Waals surface area contributed by atoms with Crippen molar-refractivity contribution in [2.75, 3.05) is 5.73 Å². The number of rotatable bonds is 3. The molecule has 0 aliphatic heterocycles. The van der Waals surface area contributed by atoms with Gasteiger partial charge >= 0.3 is 0 Å². The van der Waals surface area contributed by atoms with Crippen molar-refractivity contribution < 1.29 is 9.32 Å². The number of nitrogens with one attached hydrogen (secondary N) is 1. The van der Waals surface area contributed by atoms with E-state index in [-0.39, 0.29) is 5.91 Å². The van der Waals surface area contributed by atoms with E-state index in [1.54, 1.807) is 19.9 Å². The first kappa shape index (κ1) is 11.6. The van der Waals surface area contributed by atoms with Crippen molar-refractivity contribution in [3.8, 4) is 0 Å². The number of nitrogens with zero attached hydrogens (tertiary/aromatic N) is 2. The van der Waals surface area contributed by atoms with Gasteiger partial charge in [-0.05, 0) is 13.8 Å². The minimum atomic E-state index is -0.197. The summed E-state index contributed by atoms with van der Waals surface area (Å²) in [5.74, 6) is 0.518. The van der Waals surface area contributed by atoms with Gasteiger partial charge in [0.05, 0.1) is 12.2 Å². The number of amides is 1. The second kappa shape index (κ2) is 4.54. The Balaban J connectivity index is 2.00. The van der Waals surface area contributed by atoms with E-state index in [0.717, 1.165) is 0 Å². The summed E-state index contributed by atoms with van der Waals surface area (Å²) in [6.45, 7) is 3.88. The van der Waals surface area contributed by atoms with Crippen LogP contribution in [0.3, 0.4) is 0 Å². The van der Waals surface area contributed by atoms with E-state index < -0.39 is 0 Å². The van der Waals surface area contributed by atoms with Crippen LogP contribution in [0, 0.1) is 13.8 Å². The number of aromatic nitrogens is 2. The summed E-state index contributed by atoms with van der Waals surface area (Å²) in [4.78, 5) is 16.3. The molecule has 0 atom stereocenters. The van der Waals surface area contributed by atoms with Gasteiger partial charge in [-0.25, -0.2) is 4.98 Å². The lowest BCUT2D eigenvalue weighted by Crippen LogP contribution is -2.22. The van der Waals surface area contributed by atoms with Gasteiger partial charge in [-0.2, -0.15) is 0 Å². The maximum absolute atomic E-state index is 11.8. The molecule has 90 valence electrons. The molecule has 0 aliphatic carbocycles. The van der Waals surface area contributed by atoms with Crippen LogP contribution in [0.4, 0.5) is 5.13 Å². The average Bonchev–Trinajstić information content (AvgIpc) is 2.81. The third-order valence-corrected chi connectivity index (χ3v) is 3.11. The summed E-state index contributed by atoms with van der Waals surface area (Å²) < 4.78 is 4.90. The van der Waals surface area contributed by atoms with Gasteiger partial charge in [0.15, 0.2) is 5.13 Å². The van der Waals surface area contributed by atoms with Crippen LogP contribution in [0.25, 0.3) is 0 Å². The van der Waals surface area contributed by atoms with Crippen LogP contribution in [0.1, 0.15) is 26.8 Å². The molecule has 1 amide bonds. The topological polar surface area (TPSA) is 94.0 Å². The molecule has 3 N–H and O–H groups in total. The summed E-state index contributed by atoms with van der Waals surface area (Å²) in [6, 6.07) is 1.77. The van der Waals surface area contributed by atoms with E-state index in [1.165, 1.54) is 11.3 Å². The van der Waals surface area contributed by atoms with E-state index in [2.05, 4.69) is 15.5 Å². The molecule has 2 heterocycles. The quantitative estimate of drug-likeness (QED) is 0.857. The number of carbonyl (C=O) groups is 1. The zero-order valence-corrected chi connectivity index (χ0v) is 10.3. The smallest absolute Gasteiger partial charge is 0.263 e. The standard InChI is InChI=1S/C10H12N4O2S/c1-5-3-7(14-16-5)4-12-9(15)8-6(2)13-10(11)17-8/h3H,4H2,1-2H3,(H2,11,13)(H,12,15). The predicted octanol–water partition coefficient (Wildman–Crippen LogP) is 1.26. The van der Waals surface area contributed by atoms with Crippen molar-refractivity contribution in [1.29, 1.82) is 0 Å². The van der Waals surface area contributed by atoms with Gasteiger partial charge in [0, 0.05) is 6.07 Å². The lowest BCUT2D eigenvalue weighted by molar-refractivity contribution is 0.0953. The molecular weight excluding hydrogens is 240 g/mol. The van der Waals surface area contributed by atoms with Crippen molar-refractivity contribution in [2.45, 2.75) is 20.4 Å². The minimum Gasteiger partial charge on any atom is -0.375 e. The fraction of sp³-hybridized carbons (Fsp3) is 0.300. The van der Waals surface area contributed by atoms with Gasteiger partial charge in [0.25, 0.3) is 5.91 Å². The molecule has 0 bridgehead atoms. The van der Waals surface area contributed by atoms with Crippen molar-refractivity contribution in [3.63, 3.8) is 0 Å². The monoisotopic (exact) mass is 252 g/mol. The Morgan fingerprint density at radius 2 is 2.35 bits per heavy atom. The molecule has 2 rings (SSSR count). The molecule has 0 spiro atoms. The third-order valence-electron chi connectivity index (χ3n) is 2.13. The minimum absolute atomic E-state index is 0.197. The fourth-order valence-corrected chi connectivity index (χ4v) is 2.13. The maximum atomic E-state index is 11.8. The molecule has 0 saturated heterocycles. The van der Waals surface area contributed by atoms with Gasteiger partial charge in [-0.15, -0.1) is 0 Å². The molecule has 0 aliphatic rings. The number of carbonyl (C=O) groups excluding carboxylic acids is 1. The normalized spacial score (nSPS) is 10.5. The average molecular weight is 252 g/mol. The van der Waals surface area contributed by atoms with Gasteiger partial charge in [0.2, 0.25) is 0 Å². The van der Waals surface area contributed by atoms with Crippen LogP contribution in [0.2, 0.25) is 0 Å². The Kier molecular flexibility index (Phi) is 3.10. The first-order chi connectivity index (χ1) is 8.06. The summed E-state index contributed by atoms with van der Waals surface area (Å²) in [5.41, 5.74) is 6.85. The molecule has 0 fully saturated rings. The molecule has 2 aromatic heterocycles. The van der Waals surface area contributed by atoms with Crippen LogP contribution in [0.5, 0.6) is 0 Å². The molecule has 0 saturated carbocycles. The number of aryl methyl sites for hydroxylation is 2. The van der Waals surface area contributed by atoms with E-state index in [4.69, 9.17) is 10.3 Å². The molecule has 0 unspecified atom stereocenters. The van der Waals surface area contributed by atoms with Crippen molar-refractivity contribution in [2.24, 2.45) is 0 Å². The highest BCUT2D eigenvalue weighted by molar-refractivity contribution is 7.17. The zero-order valence-electron chi connectivity index (χ0n) is 9.48. The van der Waals surface area contributed by atoms with Gasteiger partial charge < -0.3 is 15.6 Å². The highest BCUT2D eigenvalue weighted by Crippen LogP contribution is 2.19. The van der Waals surface area contributed by atoms with E-state index in [9.17, 15) is 4.79 Å². The second-order valence-electron chi connectivity index (χ2n) is 3.58. The number of nitrogen functional groups attached to an aromatic ring is 1. The maximum Gasteiger partial charge on any atom is 0.263 e. The Labute approximate surface area is 102 Å². The SMILES string of the molecule is Cc1cc(CNC(=O)c2sc(N)nc2C)no1. The Morgan fingerprint density at radius 3 is 2.88 bits per heavy atom. The van der Waals surface area contributed by atoms with Crippen LogP contribution < -0.4 is 11.1 Å². The Hall–Kier alpha value is -1.89. The van der Waals surface area contributed by atoms with Crippen LogP contribution in [-0.2, 0) is 6.54 Å². The lowest BCUT2D eigenvalue weighted by Gasteiger charge is -2.00. The lowest BCUT2D eigenvalue weighted by atomic mass is 10.3. The van der Waals surface area contributed by atoms with Crippen molar-refractivity contribution >= 4 is 22.4 Å². The number of hydrogen-bond donors (Lipinski definition) is 2. The van der Waals surface area contributed by atoms with Gasteiger partial charge in [0.1, 0.15) is 16.3 Å². The third kappa shape index (κ3) is 2.62. The molecule has 2 aromatic rings. The first-order valence-corrected chi connectivity index (χ1v) is 5.81. The molecule has 17 heavy (non-hydrogen) atoms. The highest BCUT2D eigenvalue weighted by atomic mass is 32.1. The predicted molar refractivity (Wildman–Crippen MR) is 63.7 cm³/mol. The highest BCUT2D eigenvalue weighted by Gasteiger charge is 2.14. The van der Waals surface area contributed by atoms with Gasteiger partial charge in [-0.1, -0.05) is 16.5 Å². The van der Waals surface area contributed by atoms with Crippen LogP contribution in [0.15, 0.2) is 10.6 Å². The fourth-order valence-electron chi connectivity index (χ4n) is 1.38. The van der Waals surface area contributed by atoms with Crippen molar-refractivity contribution in [1.82, 2.24) is 15.5 Å².